The Kier molecular flexibility index (Phi) is 1.99. The Morgan fingerprint density at radius 1 is 1.25 bits per heavy atom. The highest BCUT2D eigenvalue weighted by molar-refractivity contribution is 5.37. The van der Waals surface area contributed by atoms with E-state index in [0.29, 0.717) is 17.7 Å². The van der Waals surface area contributed by atoms with E-state index in [9.17, 15) is 0 Å². The van der Waals surface area contributed by atoms with Crippen molar-refractivity contribution < 1.29 is 4.52 Å². The molecule has 1 heterocycles. The molecule has 1 aliphatic rings. The molecule has 2 N–H and O–H groups in total. The lowest BCUT2D eigenvalue weighted by molar-refractivity contribution is 0.427. The van der Waals surface area contributed by atoms with Crippen molar-refractivity contribution in [3.8, 4) is 0 Å². The molecule has 2 atom stereocenters. The lowest BCUT2D eigenvalue weighted by atomic mass is 10.1. The van der Waals surface area contributed by atoms with Crippen molar-refractivity contribution in [3.63, 3.8) is 0 Å². The Labute approximate surface area is 94.2 Å². The van der Waals surface area contributed by atoms with Gasteiger partial charge in [-0.05, 0) is 24.8 Å². The number of nitrogens with zero attached hydrogens (tertiary/aromatic N) is 1. The average Bonchev–Trinajstić information content (AvgIpc) is 2.96. The van der Waals surface area contributed by atoms with Crippen molar-refractivity contribution in [2.45, 2.75) is 25.2 Å². The number of benzene rings is 1. The Balaban J connectivity index is 1.79. The predicted molar refractivity (Wildman–Crippen MR) is 62.2 cm³/mol. The Morgan fingerprint density at radius 2 is 2.00 bits per heavy atom. The van der Waals surface area contributed by atoms with Crippen molar-refractivity contribution in [1.82, 2.24) is 5.16 Å². The minimum absolute atomic E-state index is 0.407. The molecule has 1 aromatic carbocycles. The first kappa shape index (κ1) is 9.46. The number of aromatic nitrogens is 1. The maximum Gasteiger partial charge on any atom is 0.222 e. The first-order valence-corrected chi connectivity index (χ1v) is 5.52. The number of aryl methyl sites for hydroxylation is 1. The van der Waals surface area contributed by atoms with Crippen LogP contribution in [0.4, 0.5) is 5.88 Å². The van der Waals surface area contributed by atoms with Gasteiger partial charge in [0.1, 0.15) is 0 Å². The lowest BCUT2D eigenvalue weighted by Crippen LogP contribution is -1.84. The van der Waals surface area contributed by atoms with E-state index in [4.69, 9.17) is 10.3 Å². The van der Waals surface area contributed by atoms with Gasteiger partial charge >= 0.3 is 0 Å². The van der Waals surface area contributed by atoms with E-state index in [1.165, 1.54) is 11.1 Å². The van der Waals surface area contributed by atoms with E-state index in [0.717, 1.165) is 12.1 Å². The van der Waals surface area contributed by atoms with Crippen LogP contribution in [0.15, 0.2) is 34.9 Å². The van der Waals surface area contributed by atoms with E-state index >= 15 is 0 Å². The number of rotatable bonds is 2. The standard InChI is InChI=1S/C13H14N2O/c1-8-2-4-9(5-3-8)10-6-11(10)12-7-13(14)16-15-12/h2-5,7,10-11H,6,14H2,1H3/t10-,11-/m0/s1. The fraction of sp³-hybridized carbons (Fsp3) is 0.308. The lowest BCUT2D eigenvalue weighted by Gasteiger charge is -1.99. The molecule has 1 fully saturated rings. The summed E-state index contributed by atoms with van der Waals surface area (Å²) in [6.07, 6.45) is 1.15. The van der Waals surface area contributed by atoms with Crippen molar-refractivity contribution in [1.29, 1.82) is 0 Å². The van der Waals surface area contributed by atoms with Crippen LogP contribution < -0.4 is 5.73 Å². The topological polar surface area (TPSA) is 52.0 Å². The van der Waals surface area contributed by atoms with Crippen LogP contribution in [-0.4, -0.2) is 5.16 Å². The summed E-state index contributed by atoms with van der Waals surface area (Å²) in [4.78, 5) is 0. The van der Waals surface area contributed by atoms with Gasteiger partial charge in [-0.25, -0.2) is 0 Å². The molecule has 82 valence electrons. The number of hydrogen-bond acceptors (Lipinski definition) is 3. The van der Waals surface area contributed by atoms with Gasteiger partial charge < -0.3 is 10.3 Å². The molecule has 0 bridgehead atoms. The highest BCUT2D eigenvalue weighted by atomic mass is 16.5. The third-order valence-corrected chi connectivity index (χ3v) is 3.22. The molecule has 3 heteroatoms. The molecule has 0 radical (unpaired) electrons. The van der Waals surface area contributed by atoms with E-state index in [1.54, 1.807) is 0 Å². The maximum atomic E-state index is 5.52. The monoisotopic (exact) mass is 214 g/mol. The van der Waals surface area contributed by atoms with E-state index < -0.39 is 0 Å². The third kappa shape index (κ3) is 1.58. The summed E-state index contributed by atoms with van der Waals surface area (Å²) >= 11 is 0. The summed E-state index contributed by atoms with van der Waals surface area (Å²) < 4.78 is 4.90. The highest BCUT2D eigenvalue weighted by Gasteiger charge is 2.41. The fourth-order valence-corrected chi connectivity index (χ4v) is 2.18. The summed E-state index contributed by atoms with van der Waals surface area (Å²) in [7, 11) is 0. The van der Waals surface area contributed by atoms with Crippen LogP contribution in [0.5, 0.6) is 0 Å². The molecule has 0 amide bonds. The second kappa shape index (κ2) is 3.37. The van der Waals surface area contributed by atoms with Gasteiger partial charge in [0.25, 0.3) is 0 Å². The number of nitrogen functional groups attached to an aromatic ring is 1. The normalized spacial score (nSPS) is 23.3. The summed E-state index contributed by atoms with van der Waals surface area (Å²) in [5.74, 6) is 1.48. The minimum Gasteiger partial charge on any atom is -0.368 e. The maximum absolute atomic E-state index is 5.52. The third-order valence-electron chi connectivity index (χ3n) is 3.22. The van der Waals surface area contributed by atoms with Gasteiger partial charge in [0, 0.05) is 12.0 Å². The summed E-state index contributed by atoms with van der Waals surface area (Å²) in [6.45, 7) is 2.10. The van der Waals surface area contributed by atoms with E-state index in [2.05, 4.69) is 36.3 Å². The molecular weight excluding hydrogens is 200 g/mol. The molecule has 0 aliphatic heterocycles. The highest BCUT2D eigenvalue weighted by Crippen LogP contribution is 2.54. The smallest absolute Gasteiger partial charge is 0.222 e. The number of anilines is 1. The van der Waals surface area contributed by atoms with E-state index in [-0.39, 0.29) is 0 Å². The van der Waals surface area contributed by atoms with Crippen molar-refractivity contribution in [2.75, 3.05) is 5.73 Å². The second-order valence-corrected chi connectivity index (χ2v) is 4.51. The zero-order chi connectivity index (χ0) is 11.1. The van der Waals surface area contributed by atoms with Crippen LogP contribution in [0.2, 0.25) is 0 Å². The van der Waals surface area contributed by atoms with Crippen LogP contribution in [0, 0.1) is 6.92 Å². The summed E-state index contributed by atoms with van der Waals surface area (Å²) in [5.41, 5.74) is 9.19. The predicted octanol–water partition coefficient (Wildman–Crippen LogP) is 2.84. The number of hydrogen-bond donors (Lipinski definition) is 1. The molecule has 1 saturated carbocycles. The van der Waals surface area contributed by atoms with Crippen LogP contribution in [0.3, 0.4) is 0 Å². The van der Waals surface area contributed by atoms with Crippen molar-refractivity contribution >= 4 is 5.88 Å². The van der Waals surface area contributed by atoms with Gasteiger partial charge in [-0.1, -0.05) is 35.0 Å². The molecule has 3 nitrogen and oxygen atoms in total. The van der Waals surface area contributed by atoms with Crippen LogP contribution in [0.25, 0.3) is 0 Å². The molecule has 3 rings (SSSR count). The van der Waals surface area contributed by atoms with Crippen LogP contribution >= 0.6 is 0 Å². The molecule has 2 aromatic rings. The molecule has 0 unspecified atom stereocenters. The zero-order valence-corrected chi connectivity index (χ0v) is 9.18. The average molecular weight is 214 g/mol. The van der Waals surface area contributed by atoms with Gasteiger partial charge in [0.2, 0.25) is 5.88 Å². The Hall–Kier alpha value is -1.77. The summed E-state index contributed by atoms with van der Waals surface area (Å²) in [5, 5.41) is 3.97. The van der Waals surface area contributed by atoms with Crippen LogP contribution in [-0.2, 0) is 0 Å². The van der Waals surface area contributed by atoms with Crippen molar-refractivity contribution in [2.24, 2.45) is 0 Å². The summed E-state index contributed by atoms with van der Waals surface area (Å²) in [6, 6.07) is 10.5. The Morgan fingerprint density at radius 3 is 2.62 bits per heavy atom. The van der Waals surface area contributed by atoms with Gasteiger partial charge in [-0.2, -0.15) is 0 Å². The molecule has 16 heavy (non-hydrogen) atoms. The molecule has 0 spiro atoms. The minimum atomic E-state index is 0.407. The first-order chi connectivity index (χ1) is 7.74. The number of nitrogens with two attached hydrogens (primary N) is 1. The van der Waals surface area contributed by atoms with E-state index in [1.807, 2.05) is 6.07 Å². The second-order valence-electron chi connectivity index (χ2n) is 4.51. The quantitative estimate of drug-likeness (QED) is 0.836. The molecule has 1 aromatic heterocycles. The van der Waals surface area contributed by atoms with Gasteiger partial charge in [0.05, 0.1) is 5.69 Å². The SMILES string of the molecule is Cc1ccc([C@@H]2C[C@@H]2c2cc(N)on2)cc1. The molecule has 0 saturated heterocycles. The van der Waals surface area contributed by atoms with Gasteiger partial charge in [-0.15, -0.1) is 0 Å². The first-order valence-electron chi connectivity index (χ1n) is 5.52. The van der Waals surface area contributed by atoms with Gasteiger partial charge in [-0.3, -0.25) is 0 Å². The van der Waals surface area contributed by atoms with Crippen LogP contribution in [0.1, 0.15) is 35.1 Å². The Bertz CT molecular complexity index is 501. The van der Waals surface area contributed by atoms with Crippen molar-refractivity contribution in [3.05, 3.63) is 47.2 Å². The van der Waals surface area contributed by atoms with Gasteiger partial charge in [0.15, 0.2) is 0 Å². The zero-order valence-electron chi connectivity index (χ0n) is 9.18. The molecule has 1 aliphatic carbocycles. The largest absolute Gasteiger partial charge is 0.368 e. The fourth-order valence-electron chi connectivity index (χ4n) is 2.18. The molecular formula is C13H14N2O.